The number of unbranched alkanes of at least 4 members (excludes halogenated alkanes) is 6. The Morgan fingerprint density at radius 2 is 1.71 bits per heavy atom. The largest absolute Gasteiger partial charge is 0.497 e. The third-order valence-electron chi connectivity index (χ3n) is 4.82. The van der Waals surface area contributed by atoms with Gasteiger partial charge in [-0.1, -0.05) is 81.4 Å². The van der Waals surface area contributed by atoms with Gasteiger partial charge >= 0.3 is 5.97 Å². The summed E-state index contributed by atoms with van der Waals surface area (Å²) >= 11 is 0. The van der Waals surface area contributed by atoms with Crippen LogP contribution < -0.4 is 9.47 Å². The summed E-state index contributed by atoms with van der Waals surface area (Å²) in [6, 6.07) is 5.85. The van der Waals surface area contributed by atoms with E-state index < -0.39 is 5.97 Å². The molecule has 0 spiro atoms. The number of methoxy groups -OCH3 is 1. The van der Waals surface area contributed by atoms with Gasteiger partial charge in [-0.3, -0.25) is 0 Å². The molecule has 1 aromatic carbocycles. The molecule has 0 aliphatic rings. The molecule has 0 aliphatic heterocycles. The number of aliphatic carboxylic acids is 1. The first-order chi connectivity index (χ1) is 15.0. The molecule has 0 radical (unpaired) electrons. The van der Waals surface area contributed by atoms with Crippen LogP contribution in [0.15, 0.2) is 59.7 Å². The Labute approximate surface area is 188 Å². The number of carboxylic acid groups (broad SMARTS) is 1. The van der Waals surface area contributed by atoms with E-state index >= 15 is 0 Å². The van der Waals surface area contributed by atoms with E-state index in [0.717, 1.165) is 29.1 Å². The lowest BCUT2D eigenvalue weighted by Gasteiger charge is -2.11. The van der Waals surface area contributed by atoms with Crippen LogP contribution in [0.3, 0.4) is 0 Å². The first-order valence-corrected chi connectivity index (χ1v) is 11.2. The van der Waals surface area contributed by atoms with E-state index in [4.69, 9.17) is 14.6 Å². The van der Waals surface area contributed by atoms with Crippen LogP contribution >= 0.6 is 0 Å². The molecule has 1 aromatic rings. The van der Waals surface area contributed by atoms with E-state index in [1.165, 1.54) is 44.6 Å². The van der Waals surface area contributed by atoms with Crippen molar-refractivity contribution in [1.82, 2.24) is 0 Å². The lowest BCUT2D eigenvalue weighted by Crippen LogP contribution is -1.99. The number of rotatable bonds is 15. The van der Waals surface area contributed by atoms with Gasteiger partial charge in [-0.15, -0.1) is 0 Å². The van der Waals surface area contributed by atoms with Crippen molar-refractivity contribution >= 4 is 12.0 Å². The molecule has 0 saturated carbocycles. The second kappa shape index (κ2) is 16.0. The highest BCUT2D eigenvalue weighted by Gasteiger charge is 2.04. The second-order valence-corrected chi connectivity index (χ2v) is 7.70. The van der Waals surface area contributed by atoms with Gasteiger partial charge in [0.2, 0.25) is 0 Å². The summed E-state index contributed by atoms with van der Waals surface area (Å²) in [7, 11) is 1.66. The van der Waals surface area contributed by atoms with Crippen molar-refractivity contribution in [1.29, 1.82) is 0 Å². The average Bonchev–Trinajstić information content (AvgIpc) is 2.74. The predicted molar refractivity (Wildman–Crippen MR) is 130 cm³/mol. The Morgan fingerprint density at radius 3 is 2.39 bits per heavy atom. The maximum Gasteiger partial charge on any atom is 0.328 e. The normalized spacial score (nSPS) is 12.6. The van der Waals surface area contributed by atoms with E-state index in [1.807, 2.05) is 49.4 Å². The third-order valence-corrected chi connectivity index (χ3v) is 4.82. The summed E-state index contributed by atoms with van der Waals surface area (Å²) in [6.45, 7) is 6.71. The van der Waals surface area contributed by atoms with Gasteiger partial charge < -0.3 is 14.6 Å². The highest BCUT2D eigenvalue weighted by molar-refractivity contribution is 5.81. The van der Waals surface area contributed by atoms with E-state index in [-0.39, 0.29) is 0 Å². The topological polar surface area (TPSA) is 55.8 Å². The Hall–Kier alpha value is -2.75. The molecule has 0 aromatic heterocycles. The Morgan fingerprint density at radius 1 is 1.00 bits per heavy atom. The first-order valence-electron chi connectivity index (χ1n) is 11.2. The zero-order valence-electron chi connectivity index (χ0n) is 19.5. The summed E-state index contributed by atoms with van der Waals surface area (Å²) in [5.74, 6) is 0.704. The molecule has 0 amide bonds. The van der Waals surface area contributed by atoms with Crippen LogP contribution in [0.1, 0.15) is 71.3 Å². The van der Waals surface area contributed by atoms with Crippen molar-refractivity contribution in [3.63, 3.8) is 0 Å². The Kier molecular flexibility index (Phi) is 13.6. The van der Waals surface area contributed by atoms with Crippen LogP contribution in [0, 0.1) is 0 Å². The molecule has 0 fully saturated rings. The summed E-state index contributed by atoms with van der Waals surface area (Å²) in [4.78, 5) is 10.7. The number of hydrogen-bond donors (Lipinski definition) is 1. The van der Waals surface area contributed by atoms with Crippen molar-refractivity contribution in [2.75, 3.05) is 13.7 Å². The number of carboxylic acids is 1. The molecule has 1 rings (SSSR count). The third kappa shape index (κ3) is 12.5. The maximum absolute atomic E-state index is 10.7. The number of hydrogen-bond acceptors (Lipinski definition) is 3. The minimum Gasteiger partial charge on any atom is -0.497 e. The van der Waals surface area contributed by atoms with E-state index in [2.05, 4.69) is 6.92 Å². The maximum atomic E-state index is 10.7. The van der Waals surface area contributed by atoms with Gasteiger partial charge in [0.1, 0.15) is 11.5 Å². The summed E-state index contributed by atoms with van der Waals surface area (Å²) < 4.78 is 11.4. The monoisotopic (exact) mass is 426 g/mol. The molecule has 4 heteroatoms. The van der Waals surface area contributed by atoms with Gasteiger partial charge in [-0.2, -0.15) is 0 Å². The highest BCUT2D eigenvalue weighted by Crippen LogP contribution is 2.26. The quantitative estimate of drug-likeness (QED) is 0.181. The van der Waals surface area contributed by atoms with E-state index in [1.54, 1.807) is 20.1 Å². The van der Waals surface area contributed by atoms with E-state index in [0.29, 0.717) is 12.2 Å². The van der Waals surface area contributed by atoms with Crippen molar-refractivity contribution in [2.24, 2.45) is 0 Å². The molecule has 4 nitrogen and oxygen atoms in total. The Bertz CT molecular complexity index is 784. The van der Waals surface area contributed by atoms with Crippen molar-refractivity contribution in [3.8, 4) is 11.5 Å². The van der Waals surface area contributed by atoms with Crippen molar-refractivity contribution in [2.45, 2.75) is 65.7 Å². The standard InChI is InChI=1S/C27H38O4/c1-5-6-7-8-9-10-11-19-31-26-18-17-25(30-4)21-24(26)16-15-22(2)13-12-14-23(3)20-27(28)29/h12-18,20-21H,5-11,19H2,1-4H3,(H,28,29)/b14-12+,16-15+,22-13+,23-20+. The average molecular weight is 427 g/mol. The van der Waals surface area contributed by atoms with Crippen LogP contribution in [-0.4, -0.2) is 24.8 Å². The van der Waals surface area contributed by atoms with Crippen LogP contribution in [-0.2, 0) is 4.79 Å². The number of ether oxygens (including phenoxy) is 2. The second-order valence-electron chi connectivity index (χ2n) is 7.70. The SMILES string of the molecule is CCCCCCCCCOc1ccc(OC)cc1/C=C/C(C)=C/C=C/C(C)=C/C(=O)O. The minimum atomic E-state index is -0.940. The van der Waals surface area contributed by atoms with Gasteiger partial charge in [-0.05, 0) is 44.0 Å². The zero-order valence-corrected chi connectivity index (χ0v) is 19.5. The molecule has 31 heavy (non-hydrogen) atoms. The molecule has 0 aliphatic carbocycles. The molecule has 170 valence electrons. The van der Waals surface area contributed by atoms with Gasteiger partial charge in [0.05, 0.1) is 13.7 Å². The predicted octanol–water partition coefficient (Wildman–Crippen LogP) is 7.37. The van der Waals surface area contributed by atoms with Gasteiger partial charge in [-0.25, -0.2) is 4.79 Å². The van der Waals surface area contributed by atoms with Crippen molar-refractivity contribution < 1.29 is 19.4 Å². The Balaban J connectivity index is 2.67. The summed E-state index contributed by atoms with van der Waals surface area (Å²) in [6.07, 6.45) is 19.6. The van der Waals surface area contributed by atoms with Crippen LogP contribution in [0.2, 0.25) is 0 Å². The molecule has 1 N–H and O–H groups in total. The highest BCUT2D eigenvalue weighted by atomic mass is 16.5. The van der Waals surface area contributed by atoms with Crippen LogP contribution in [0.25, 0.3) is 6.08 Å². The fraction of sp³-hybridized carbons (Fsp3) is 0.444. The lowest BCUT2D eigenvalue weighted by atomic mass is 10.1. The molecule has 0 unspecified atom stereocenters. The number of allylic oxidation sites excluding steroid dienone is 6. The number of carbonyl (C=O) groups is 1. The molecule has 0 bridgehead atoms. The first kappa shape index (κ1) is 26.3. The molecular formula is C27H38O4. The fourth-order valence-corrected chi connectivity index (χ4v) is 3.03. The molecule has 0 heterocycles. The smallest absolute Gasteiger partial charge is 0.328 e. The van der Waals surface area contributed by atoms with Gasteiger partial charge in [0.15, 0.2) is 0 Å². The number of benzene rings is 1. The molecular weight excluding hydrogens is 388 g/mol. The van der Waals surface area contributed by atoms with Crippen LogP contribution in [0.5, 0.6) is 11.5 Å². The molecule has 0 atom stereocenters. The van der Waals surface area contributed by atoms with Gasteiger partial charge in [0, 0.05) is 11.6 Å². The van der Waals surface area contributed by atoms with E-state index in [9.17, 15) is 4.79 Å². The molecule has 0 saturated heterocycles. The van der Waals surface area contributed by atoms with Crippen LogP contribution in [0.4, 0.5) is 0 Å². The minimum absolute atomic E-state index is 0.689. The van der Waals surface area contributed by atoms with Gasteiger partial charge in [0.25, 0.3) is 0 Å². The van der Waals surface area contributed by atoms with Crippen molar-refractivity contribution in [3.05, 3.63) is 65.3 Å². The fourth-order valence-electron chi connectivity index (χ4n) is 3.03. The zero-order chi connectivity index (χ0) is 22.9. The summed E-state index contributed by atoms with van der Waals surface area (Å²) in [5.41, 5.74) is 2.70. The summed E-state index contributed by atoms with van der Waals surface area (Å²) in [5, 5.41) is 8.75. The lowest BCUT2D eigenvalue weighted by molar-refractivity contribution is -0.131.